The maximum Gasteiger partial charge on any atom is 0.319 e. The molecule has 1 unspecified atom stereocenters. The zero-order chi connectivity index (χ0) is 17.0. The molecule has 0 aromatic heterocycles. The van der Waals surface area contributed by atoms with Crippen LogP contribution in [0.15, 0.2) is 30.3 Å². The monoisotopic (exact) mass is 333 g/mol. The van der Waals surface area contributed by atoms with Gasteiger partial charge in [0.2, 0.25) is 5.91 Å². The average Bonchev–Trinajstić information content (AvgIpc) is 2.54. The predicted molar refractivity (Wildman–Crippen MR) is 77.3 cm³/mol. The molecule has 1 heterocycles. The third-order valence-electron chi connectivity index (χ3n) is 3.86. The molecule has 1 aromatic rings. The minimum atomic E-state index is -4.04. The van der Waals surface area contributed by atoms with Crippen LogP contribution < -0.4 is 5.73 Å². The topological polar surface area (TPSA) is 49.6 Å². The zero-order valence-corrected chi connectivity index (χ0v) is 12.5. The SMILES string of the molecule is NC(C(=O)N1CCN(CC(F)(F)C(F)F)CC1)c1ccccc1. The molecule has 4 nitrogen and oxygen atoms in total. The summed E-state index contributed by atoms with van der Waals surface area (Å²) in [7, 11) is 0. The second-order valence-electron chi connectivity index (χ2n) is 5.55. The first kappa shape index (κ1) is 17.7. The second-order valence-corrected chi connectivity index (χ2v) is 5.55. The number of carbonyl (C=O) groups excluding carboxylic acids is 1. The fourth-order valence-electron chi connectivity index (χ4n) is 2.49. The van der Waals surface area contributed by atoms with Crippen molar-refractivity contribution in [1.82, 2.24) is 9.80 Å². The van der Waals surface area contributed by atoms with Crippen molar-refractivity contribution in [3.8, 4) is 0 Å². The Morgan fingerprint density at radius 2 is 1.70 bits per heavy atom. The minimum absolute atomic E-state index is 0.121. The molecule has 1 saturated heterocycles. The quantitative estimate of drug-likeness (QED) is 0.835. The van der Waals surface area contributed by atoms with Crippen molar-refractivity contribution in [2.75, 3.05) is 32.7 Å². The lowest BCUT2D eigenvalue weighted by Crippen LogP contribution is -2.54. The van der Waals surface area contributed by atoms with Crippen molar-refractivity contribution in [2.24, 2.45) is 5.73 Å². The van der Waals surface area contributed by atoms with Crippen molar-refractivity contribution in [1.29, 1.82) is 0 Å². The third-order valence-corrected chi connectivity index (χ3v) is 3.86. The number of halogens is 4. The lowest BCUT2D eigenvalue weighted by Gasteiger charge is -2.37. The van der Waals surface area contributed by atoms with Gasteiger partial charge in [-0.25, -0.2) is 8.78 Å². The molecular formula is C15H19F4N3O. The summed E-state index contributed by atoms with van der Waals surface area (Å²) in [6.07, 6.45) is -3.69. The van der Waals surface area contributed by atoms with Gasteiger partial charge >= 0.3 is 12.3 Å². The van der Waals surface area contributed by atoms with E-state index in [1.54, 1.807) is 24.3 Å². The Hall–Kier alpha value is -1.67. The highest BCUT2D eigenvalue weighted by Gasteiger charge is 2.42. The summed E-state index contributed by atoms with van der Waals surface area (Å²) in [5.74, 6) is -4.33. The summed E-state index contributed by atoms with van der Waals surface area (Å²) in [5.41, 5.74) is 6.59. The molecular weight excluding hydrogens is 314 g/mol. The summed E-state index contributed by atoms with van der Waals surface area (Å²) in [6.45, 7) is -0.375. The van der Waals surface area contributed by atoms with E-state index in [9.17, 15) is 22.4 Å². The largest absolute Gasteiger partial charge is 0.338 e. The summed E-state index contributed by atoms with van der Waals surface area (Å²) < 4.78 is 50.5. The van der Waals surface area contributed by atoms with Gasteiger partial charge in [-0.3, -0.25) is 9.69 Å². The van der Waals surface area contributed by atoms with Gasteiger partial charge in [0.1, 0.15) is 6.04 Å². The lowest BCUT2D eigenvalue weighted by molar-refractivity contribution is -0.148. The number of amides is 1. The van der Waals surface area contributed by atoms with Crippen molar-refractivity contribution < 1.29 is 22.4 Å². The van der Waals surface area contributed by atoms with Crippen molar-refractivity contribution in [3.63, 3.8) is 0 Å². The molecule has 23 heavy (non-hydrogen) atoms. The summed E-state index contributed by atoms with van der Waals surface area (Å²) >= 11 is 0. The molecule has 2 rings (SSSR count). The number of alkyl halides is 4. The van der Waals surface area contributed by atoms with E-state index >= 15 is 0 Å². The molecule has 2 N–H and O–H groups in total. The Morgan fingerprint density at radius 1 is 1.13 bits per heavy atom. The average molecular weight is 333 g/mol. The first-order valence-electron chi connectivity index (χ1n) is 7.29. The standard InChI is InChI=1S/C15H19F4N3O/c16-14(17)15(18,19)10-21-6-8-22(9-7-21)13(23)12(20)11-4-2-1-3-5-11/h1-5,12,14H,6-10,20H2. The van der Waals surface area contributed by atoms with Crippen molar-refractivity contribution >= 4 is 5.91 Å². The first-order valence-corrected chi connectivity index (χ1v) is 7.29. The molecule has 1 aromatic carbocycles. The highest BCUT2D eigenvalue weighted by Crippen LogP contribution is 2.24. The van der Waals surface area contributed by atoms with Crippen LogP contribution in [0.3, 0.4) is 0 Å². The highest BCUT2D eigenvalue weighted by atomic mass is 19.3. The van der Waals surface area contributed by atoms with E-state index < -0.39 is 24.9 Å². The molecule has 1 aliphatic rings. The number of nitrogens with zero attached hydrogens (tertiary/aromatic N) is 2. The van der Waals surface area contributed by atoms with Gasteiger partial charge in [0.05, 0.1) is 6.54 Å². The van der Waals surface area contributed by atoms with Crippen LogP contribution in [0.2, 0.25) is 0 Å². The maximum atomic E-state index is 13.0. The molecule has 1 amide bonds. The van der Waals surface area contributed by atoms with Gasteiger partial charge in [0.15, 0.2) is 0 Å². The molecule has 1 fully saturated rings. The molecule has 0 saturated carbocycles. The molecule has 0 radical (unpaired) electrons. The Kier molecular flexibility index (Phi) is 5.59. The molecule has 1 atom stereocenters. The van der Waals surface area contributed by atoms with Crippen LogP contribution >= 0.6 is 0 Å². The van der Waals surface area contributed by atoms with Gasteiger partial charge < -0.3 is 10.6 Å². The van der Waals surface area contributed by atoms with E-state index in [1.165, 1.54) is 9.80 Å². The Bertz CT molecular complexity index is 519. The van der Waals surface area contributed by atoms with E-state index in [2.05, 4.69) is 0 Å². The summed E-state index contributed by atoms with van der Waals surface area (Å²) in [4.78, 5) is 15.0. The van der Waals surface area contributed by atoms with Gasteiger partial charge in [-0.15, -0.1) is 0 Å². The Labute approximate surface area is 131 Å². The summed E-state index contributed by atoms with van der Waals surface area (Å²) in [5, 5.41) is 0. The third kappa shape index (κ3) is 4.42. The van der Waals surface area contributed by atoms with Gasteiger partial charge in [-0.2, -0.15) is 8.78 Å². The van der Waals surface area contributed by atoms with Crippen LogP contribution in [0, 0.1) is 0 Å². The zero-order valence-electron chi connectivity index (χ0n) is 12.5. The maximum absolute atomic E-state index is 13.0. The smallest absolute Gasteiger partial charge is 0.319 e. The number of hydrogen-bond donors (Lipinski definition) is 1. The van der Waals surface area contributed by atoms with Crippen LogP contribution in [0.4, 0.5) is 17.6 Å². The minimum Gasteiger partial charge on any atom is -0.338 e. The van der Waals surface area contributed by atoms with Crippen LogP contribution in [0.25, 0.3) is 0 Å². The normalized spacial score (nSPS) is 18.3. The highest BCUT2D eigenvalue weighted by molar-refractivity contribution is 5.83. The molecule has 128 valence electrons. The molecule has 0 bridgehead atoms. The lowest BCUT2D eigenvalue weighted by atomic mass is 10.1. The van der Waals surface area contributed by atoms with Gasteiger partial charge in [0.25, 0.3) is 0 Å². The van der Waals surface area contributed by atoms with Crippen molar-refractivity contribution in [2.45, 2.75) is 18.4 Å². The molecule has 0 spiro atoms. The molecule has 8 heteroatoms. The number of nitrogens with two attached hydrogens (primary N) is 1. The number of piperazine rings is 1. The van der Waals surface area contributed by atoms with E-state index in [1.807, 2.05) is 6.07 Å². The fraction of sp³-hybridized carbons (Fsp3) is 0.533. The van der Waals surface area contributed by atoms with Crippen LogP contribution in [0.1, 0.15) is 11.6 Å². The molecule has 1 aliphatic heterocycles. The Balaban J connectivity index is 1.88. The van der Waals surface area contributed by atoms with Gasteiger partial charge in [-0.05, 0) is 5.56 Å². The molecule has 0 aliphatic carbocycles. The Morgan fingerprint density at radius 3 is 2.22 bits per heavy atom. The predicted octanol–water partition coefficient (Wildman–Crippen LogP) is 1.73. The van der Waals surface area contributed by atoms with E-state index in [4.69, 9.17) is 5.73 Å². The number of rotatable bonds is 5. The fourth-order valence-corrected chi connectivity index (χ4v) is 2.49. The van der Waals surface area contributed by atoms with Crippen LogP contribution in [-0.2, 0) is 4.79 Å². The summed E-state index contributed by atoms with van der Waals surface area (Å²) in [6, 6.07) is 8.01. The van der Waals surface area contributed by atoms with Crippen molar-refractivity contribution in [3.05, 3.63) is 35.9 Å². The number of carbonyl (C=O) groups is 1. The van der Waals surface area contributed by atoms with Gasteiger partial charge in [-0.1, -0.05) is 30.3 Å². The van der Waals surface area contributed by atoms with Crippen LogP contribution in [0.5, 0.6) is 0 Å². The van der Waals surface area contributed by atoms with E-state index in [-0.39, 0.29) is 32.1 Å². The first-order chi connectivity index (χ1) is 10.8. The second kappa shape index (κ2) is 7.27. The van der Waals surface area contributed by atoms with E-state index in [0.29, 0.717) is 5.56 Å². The van der Waals surface area contributed by atoms with Crippen LogP contribution in [-0.4, -0.2) is 60.8 Å². The number of benzene rings is 1. The van der Waals surface area contributed by atoms with Gasteiger partial charge in [0, 0.05) is 26.2 Å². The number of hydrogen-bond acceptors (Lipinski definition) is 3. The van der Waals surface area contributed by atoms with E-state index in [0.717, 1.165) is 0 Å².